The third kappa shape index (κ3) is 3.45. The zero-order chi connectivity index (χ0) is 4.83. The molecule has 0 saturated heterocycles. The molecule has 2 N–H and O–H groups in total. The largest absolute Gasteiger partial charge is 0.330 e. The van der Waals surface area contributed by atoms with Gasteiger partial charge < -0.3 is 10.6 Å². The molecule has 0 aromatic heterocycles. The van der Waals surface area contributed by atoms with E-state index in [1.165, 1.54) is 0 Å². The van der Waals surface area contributed by atoms with Crippen LogP contribution >= 0.6 is 0 Å². The molecule has 0 radical (unpaired) electrons. The maximum absolute atomic E-state index is 6.28. The van der Waals surface area contributed by atoms with Crippen molar-refractivity contribution in [3.63, 3.8) is 0 Å². The van der Waals surface area contributed by atoms with Crippen LogP contribution in [0.4, 0.5) is 0 Å². The van der Waals surface area contributed by atoms with E-state index in [0.717, 1.165) is 6.42 Å². The van der Waals surface area contributed by atoms with Gasteiger partial charge in [-0.3, -0.25) is 0 Å². The van der Waals surface area contributed by atoms with Crippen molar-refractivity contribution in [3.8, 4) is 0 Å². The zero-order valence-corrected chi connectivity index (χ0v) is 3.65. The maximum atomic E-state index is 6.28. The van der Waals surface area contributed by atoms with Gasteiger partial charge in [-0.2, -0.15) is 0 Å². The SMILES string of the molecule is [C-]#[N+]CCCN. The number of nitrogens with two attached hydrogens (primary N) is 1. The van der Waals surface area contributed by atoms with Crippen molar-refractivity contribution in [2.24, 2.45) is 5.73 Å². The topological polar surface area (TPSA) is 30.4 Å². The molecule has 0 bridgehead atoms. The Labute approximate surface area is 37.8 Å². The average Bonchev–Trinajstić information content (AvgIpc) is 1.61. The van der Waals surface area contributed by atoms with Crippen molar-refractivity contribution in [1.82, 2.24) is 0 Å². The minimum Gasteiger partial charge on any atom is -0.330 e. The van der Waals surface area contributed by atoms with Gasteiger partial charge in [-0.25, -0.2) is 6.57 Å². The lowest BCUT2D eigenvalue weighted by molar-refractivity contribution is 0.903. The van der Waals surface area contributed by atoms with Crippen molar-refractivity contribution in [2.75, 3.05) is 13.1 Å². The van der Waals surface area contributed by atoms with Crippen LogP contribution in [-0.4, -0.2) is 13.1 Å². The molecule has 0 atom stereocenters. The normalized spacial score (nSPS) is 7.33. The summed E-state index contributed by atoms with van der Waals surface area (Å²) in [5.74, 6) is 0. The van der Waals surface area contributed by atoms with E-state index in [1.54, 1.807) is 0 Å². The first-order valence-electron chi connectivity index (χ1n) is 1.95. The highest BCUT2D eigenvalue weighted by Gasteiger charge is 1.77. The van der Waals surface area contributed by atoms with Crippen LogP contribution in [0.1, 0.15) is 6.42 Å². The minimum atomic E-state index is 0.580. The van der Waals surface area contributed by atoms with Crippen LogP contribution in [0.3, 0.4) is 0 Å². The molecular weight excluding hydrogens is 76.1 g/mol. The van der Waals surface area contributed by atoms with Gasteiger partial charge in [-0.1, -0.05) is 0 Å². The quantitative estimate of drug-likeness (QED) is 0.377. The van der Waals surface area contributed by atoms with E-state index in [9.17, 15) is 0 Å². The van der Waals surface area contributed by atoms with Crippen molar-refractivity contribution >= 4 is 0 Å². The predicted molar refractivity (Wildman–Crippen MR) is 25.1 cm³/mol. The summed E-state index contributed by atoms with van der Waals surface area (Å²) in [5, 5.41) is 0. The van der Waals surface area contributed by atoms with E-state index in [0.29, 0.717) is 13.1 Å². The summed E-state index contributed by atoms with van der Waals surface area (Å²) in [6.45, 7) is 7.50. The maximum Gasteiger partial charge on any atom is 0.215 e. The van der Waals surface area contributed by atoms with Gasteiger partial charge in [-0.05, 0) is 6.54 Å². The first-order valence-corrected chi connectivity index (χ1v) is 1.95. The van der Waals surface area contributed by atoms with Crippen LogP contribution < -0.4 is 5.73 Å². The molecule has 0 rings (SSSR count). The monoisotopic (exact) mass is 84.1 g/mol. The van der Waals surface area contributed by atoms with E-state index in [2.05, 4.69) is 4.85 Å². The Hall–Kier alpha value is -0.550. The molecule has 0 fully saturated rings. The Morgan fingerprint density at radius 3 is 2.50 bits per heavy atom. The second-order valence-electron chi connectivity index (χ2n) is 1.02. The summed E-state index contributed by atoms with van der Waals surface area (Å²) < 4.78 is 0. The molecular formula is C4H8N2. The summed E-state index contributed by atoms with van der Waals surface area (Å²) in [6, 6.07) is 0. The fraction of sp³-hybridized carbons (Fsp3) is 0.750. The van der Waals surface area contributed by atoms with E-state index in [1.807, 2.05) is 0 Å². The van der Waals surface area contributed by atoms with Crippen molar-refractivity contribution in [2.45, 2.75) is 6.42 Å². The van der Waals surface area contributed by atoms with Gasteiger partial charge in [0.1, 0.15) is 0 Å². The molecule has 34 valence electrons. The molecule has 0 saturated carbocycles. The fourth-order valence-electron chi connectivity index (χ4n) is 0.170. The van der Waals surface area contributed by atoms with Crippen molar-refractivity contribution in [1.29, 1.82) is 0 Å². The Morgan fingerprint density at radius 2 is 2.33 bits per heavy atom. The molecule has 0 spiro atoms. The molecule has 0 aliphatic heterocycles. The minimum absolute atomic E-state index is 0.580. The van der Waals surface area contributed by atoms with E-state index < -0.39 is 0 Å². The van der Waals surface area contributed by atoms with Crippen LogP contribution in [0, 0.1) is 6.57 Å². The van der Waals surface area contributed by atoms with Crippen LogP contribution in [0.15, 0.2) is 0 Å². The number of hydrogen-bond acceptors (Lipinski definition) is 1. The lowest BCUT2D eigenvalue weighted by atomic mass is 10.4. The van der Waals surface area contributed by atoms with Crippen molar-refractivity contribution < 1.29 is 0 Å². The highest BCUT2D eigenvalue weighted by atomic mass is 14.6. The molecule has 2 nitrogen and oxygen atoms in total. The van der Waals surface area contributed by atoms with Gasteiger partial charge >= 0.3 is 0 Å². The van der Waals surface area contributed by atoms with Gasteiger partial charge in [-0.15, -0.1) is 0 Å². The lowest BCUT2D eigenvalue weighted by Gasteiger charge is -1.76. The fourth-order valence-corrected chi connectivity index (χ4v) is 0.170. The summed E-state index contributed by atoms with van der Waals surface area (Å²) in [4.78, 5) is 3.10. The molecule has 0 aliphatic rings. The Kier molecular flexibility index (Phi) is 4.04. The molecule has 6 heavy (non-hydrogen) atoms. The van der Waals surface area contributed by atoms with E-state index in [4.69, 9.17) is 12.3 Å². The Bertz CT molecular complexity index is 53.1. The molecule has 0 aromatic rings. The Morgan fingerprint density at radius 1 is 1.67 bits per heavy atom. The lowest BCUT2D eigenvalue weighted by Crippen LogP contribution is -1.98. The third-order valence-electron chi connectivity index (χ3n) is 0.474. The van der Waals surface area contributed by atoms with Crippen LogP contribution in [-0.2, 0) is 0 Å². The van der Waals surface area contributed by atoms with Crippen LogP contribution in [0.5, 0.6) is 0 Å². The summed E-state index contributed by atoms with van der Waals surface area (Å²) in [5.41, 5.74) is 5.07. The summed E-state index contributed by atoms with van der Waals surface area (Å²) in [6.07, 6.45) is 0.837. The second-order valence-corrected chi connectivity index (χ2v) is 1.02. The molecule has 0 aliphatic carbocycles. The van der Waals surface area contributed by atoms with Crippen LogP contribution in [0.25, 0.3) is 4.85 Å². The standard InChI is InChI=1S/C4H8N2/c1-6-4-2-3-5/h2-5H2. The molecule has 2 heteroatoms. The van der Waals surface area contributed by atoms with E-state index in [-0.39, 0.29) is 0 Å². The van der Waals surface area contributed by atoms with Crippen LogP contribution in [0.2, 0.25) is 0 Å². The molecule has 0 heterocycles. The molecule has 0 aromatic carbocycles. The first-order chi connectivity index (χ1) is 2.91. The highest BCUT2D eigenvalue weighted by molar-refractivity contribution is 4.56. The van der Waals surface area contributed by atoms with Gasteiger partial charge in [0.2, 0.25) is 6.54 Å². The highest BCUT2D eigenvalue weighted by Crippen LogP contribution is 1.71. The zero-order valence-electron chi connectivity index (χ0n) is 3.65. The summed E-state index contributed by atoms with van der Waals surface area (Å²) >= 11 is 0. The third-order valence-corrected chi connectivity index (χ3v) is 0.474. The number of rotatable bonds is 2. The number of hydrogen-bond donors (Lipinski definition) is 1. The van der Waals surface area contributed by atoms with Gasteiger partial charge in [0.05, 0.1) is 0 Å². The first kappa shape index (κ1) is 5.45. The van der Waals surface area contributed by atoms with E-state index >= 15 is 0 Å². The van der Waals surface area contributed by atoms with Gasteiger partial charge in [0.25, 0.3) is 0 Å². The number of nitrogens with zero attached hydrogens (tertiary/aromatic N) is 1. The predicted octanol–water partition coefficient (Wildman–Crippen LogP) is 0.254. The smallest absolute Gasteiger partial charge is 0.215 e. The van der Waals surface area contributed by atoms with Gasteiger partial charge in [0.15, 0.2) is 0 Å². The van der Waals surface area contributed by atoms with Crippen molar-refractivity contribution in [3.05, 3.63) is 11.4 Å². The Balaban J connectivity index is 2.54. The van der Waals surface area contributed by atoms with Gasteiger partial charge in [0, 0.05) is 6.42 Å². The molecule has 0 unspecified atom stereocenters. The molecule has 0 amide bonds. The summed E-state index contributed by atoms with van der Waals surface area (Å²) in [7, 11) is 0. The second kappa shape index (κ2) is 4.45. The average molecular weight is 84.1 g/mol.